The van der Waals surface area contributed by atoms with Gasteiger partial charge in [-0.2, -0.15) is 4.73 Å². The van der Waals surface area contributed by atoms with Crippen molar-refractivity contribution in [1.82, 2.24) is 9.80 Å². The summed E-state index contributed by atoms with van der Waals surface area (Å²) in [6.07, 6.45) is 7.57. The number of likely N-dealkylation sites (tertiary alicyclic amines) is 1. The van der Waals surface area contributed by atoms with Gasteiger partial charge in [-0.25, -0.2) is 13.2 Å². The average molecular weight is 604 g/mol. The maximum absolute atomic E-state index is 13.1. The molecule has 222 valence electrons. The Hall–Kier alpha value is -3.54. The first-order chi connectivity index (χ1) is 19.2. The number of hydrogen-bond donors (Lipinski definition) is 2. The Bertz CT molecular complexity index is 1370. The van der Waals surface area contributed by atoms with Gasteiger partial charge in [-0.1, -0.05) is 25.5 Å². The fourth-order valence-electron chi connectivity index (χ4n) is 4.75. The van der Waals surface area contributed by atoms with E-state index in [4.69, 9.17) is 4.74 Å². The minimum absolute atomic E-state index is 0. The van der Waals surface area contributed by atoms with Crippen molar-refractivity contribution in [2.75, 3.05) is 35.9 Å². The number of unbranched alkanes of at least 4 members (excludes halogenated alkanes) is 1. The monoisotopic (exact) mass is 603 g/mol. The van der Waals surface area contributed by atoms with E-state index in [1.165, 1.54) is 18.0 Å². The number of carbonyl (C=O) groups is 1. The summed E-state index contributed by atoms with van der Waals surface area (Å²) in [5, 5.41) is 14.5. The van der Waals surface area contributed by atoms with Gasteiger partial charge in [0.05, 0.1) is 6.26 Å². The molecule has 0 spiro atoms. The zero-order valence-electron chi connectivity index (χ0n) is 23.4. The predicted octanol–water partition coefficient (Wildman–Crippen LogP) is 5.20. The van der Waals surface area contributed by atoms with Crippen LogP contribution in [0, 0.1) is 5.21 Å². The molecule has 4 rings (SSSR count). The highest BCUT2D eigenvalue weighted by Gasteiger charge is 2.28. The van der Waals surface area contributed by atoms with Crippen LogP contribution in [0.5, 0.6) is 11.5 Å². The normalized spacial score (nSPS) is 14.1. The van der Waals surface area contributed by atoms with Crippen LogP contribution in [0.15, 0.2) is 73.1 Å². The molecule has 2 amide bonds. The number of anilines is 2. The standard InChI is InChI=1S/C29H37N5O5S.ClH/c1-3-4-18-34(29(35)30-25-6-5-17-33(36)22-25)26-15-19-32(20-16-26)21-23-7-11-27(12-8-23)39-28-13-9-24(10-14-28)31-40(2,37)38;/h5-14,17,22,26,31H,3-4,15-16,18-21H2,1-2H3,(H,30,35);1H. The van der Waals surface area contributed by atoms with Crippen molar-refractivity contribution in [2.24, 2.45) is 0 Å². The molecule has 1 fully saturated rings. The second kappa shape index (κ2) is 14.9. The molecule has 12 heteroatoms. The Morgan fingerprint density at radius 3 is 2.27 bits per heavy atom. The number of benzene rings is 2. The molecule has 1 aliphatic heterocycles. The number of urea groups is 1. The number of halogens is 1. The second-order valence-corrected chi connectivity index (χ2v) is 11.8. The lowest BCUT2D eigenvalue weighted by Crippen LogP contribution is -2.49. The highest BCUT2D eigenvalue weighted by molar-refractivity contribution is 7.92. The highest BCUT2D eigenvalue weighted by Crippen LogP contribution is 2.25. The summed E-state index contributed by atoms with van der Waals surface area (Å²) in [4.78, 5) is 17.4. The Morgan fingerprint density at radius 1 is 1.05 bits per heavy atom. The first-order valence-electron chi connectivity index (χ1n) is 13.5. The van der Waals surface area contributed by atoms with Crippen LogP contribution in [0.25, 0.3) is 0 Å². The Morgan fingerprint density at radius 2 is 1.68 bits per heavy atom. The van der Waals surface area contributed by atoms with Gasteiger partial charge in [-0.3, -0.25) is 9.62 Å². The number of carbonyl (C=O) groups excluding carboxylic acids is 1. The zero-order chi connectivity index (χ0) is 28.5. The van der Waals surface area contributed by atoms with Crippen molar-refractivity contribution in [2.45, 2.75) is 45.2 Å². The molecule has 1 aliphatic rings. The van der Waals surface area contributed by atoms with E-state index in [1.807, 2.05) is 29.2 Å². The lowest BCUT2D eigenvalue weighted by molar-refractivity contribution is -0.604. The molecule has 0 saturated carbocycles. The van der Waals surface area contributed by atoms with Gasteiger partial charge in [0.25, 0.3) is 0 Å². The summed E-state index contributed by atoms with van der Waals surface area (Å²) in [5.74, 6) is 1.31. The molecule has 10 nitrogen and oxygen atoms in total. The van der Waals surface area contributed by atoms with Crippen LogP contribution in [0.4, 0.5) is 16.2 Å². The second-order valence-electron chi connectivity index (χ2n) is 10.1. The summed E-state index contributed by atoms with van der Waals surface area (Å²) in [6.45, 7) is 5.39. The maximum atomic E-state index is 13.1. The van der Waals surface area contributed by atoms with Crippen LogP contribution in [0.2, 0.25) is 0 Å². The van der Waals surface area contributed by atoms with E-state index < -0.39 is 10.0 Å². The predicted molar refractivity (Wildman–Crippen MR) is 163 cm³/mol. The maximum Gasteiger partial charge on any atom is 0.322 e. The average Bonchev–Trinajstić information content (AvgIpc) is 2.91. The number of ether oxygens (including phenoxy) is 1. The number of sulfonamides is 1. The molecule has 0 aliphatic carbocycles. The number of nitrogens with zero attached hydrogens (tertiary/aromatic N) is 3. The van der Waals surface area contributed by atoms with Gasteiger partial charge in [0.2, 0.25) is 16.2 Å². The van der Waals surface area contributed by atoms with Gasteiger partial charge in [-0.05, 0) is 67.3 Å². The van der Waals surface area contributed by atoms with Crippen LogP contribution in [-0.4, -0.2) is 56.2 Å². The van der Waals surface area contributed by atoms with Gasteiger partial charge in [0.1, 0.15) is 17.2 Å². The van der Waals surface area contributed by atoms with E-state index in [1.54, 1.807) is 36.4 Å². The van der Waals surface area contributed by atoms with E-state index in [2.05, 4.69) is 21.9 Å². The minimum atomic E-state index is -3.32. The topological polar surface area (TPSA) is 118 Å². The third-order valence-corrected chi connectivity index (χ3v) is 7.37. The molecule has 0 unspecified atom stereocenters. The smallest absolute Gasteiger partial charge is 0.322 e. The van der Waals surface area contributed by atoms with Gasteiger partial charge >= 0.3 is 6.03 Å². The van der Waals surface area contributed by atoms with Crippen molar-refractivity contribution in [3.8, 4) is 11.5 Å². The number of rotatable bonds is 11. The molecule has 0 radical (unpaired) electrons. The number of nitrogens with one attached hydrogen (secondary N) is 2. The molecule has 0 atom stereocenters. The first-order valence-corrected chi connectivity index (χ1v) is 15.4. The van der Waals surface area contributed by atoms with Crippen LogP contribution in [0.3, 0.4) is 0 Å². The SMILES string of the molecule is CCCCN(C(=O)Nc1ccc[n+]([O-])c1)C1CCN(Cc2ccc(Oc3ccc(NS(C)(=O)=O)cc3)cc2)CC1.Cl. The van der Waals surface area contributed by atoms with Gasteiger partial charge in [0.15, 0.2) is 6.20 Å². The fraction of sp³-hybridized carbons (Fsp3) is 0.379. The molecule has 2 heterocycles. The number of pyridine rings is 1. The molecule has 1 saturated heterocycles. The van der Waals surface area contributed by atoms with Crippen molar-refractivity contribution in [1.29, 1.82) is 0 Å². The van der Waals surface area contributed by atoms with Gasteiger partial charge in [-0.15, -0.1) is 12.4 Å². The number of piperidine rings is 1. The summed E-state index contributed by atoms with van der Waals surface area (Å²) >= 11 is 0. The number of aromatic nitrogens is 1. The quantitative estimate of drug-likeness (QED) is 0.230. The Labute approximate surface area is 248 Å². The molecule has 2 aromatic carbocycles. The van der Waals surface area contributed by atoms with Crippen LogP contribution in [-0.2, 0) is 16.6 Å². The molecular weight excluding hydrogens is 566 g/mol. The molecule has 0 bridgehead atoms. The lowest BCUT2D eigenvalue weighted by Gasteiger charge is -2.38. The summed E-state index contributed by atoms with van der Waals surface area (Å²) in [5.41, 5.74) is 2.15. The van der Waals surface area contributed by atoms with Gasteiger partial charge in [0, 0.05) is 44.0 Å². The van der Waals surface area contributed by atoms with Crippen LogP contribution in [0.1, 0.15) is 38.2 Å². The zero-order valence-corrected chi connectivity index (χ0v) is 25.0. The number of hydrogen-bond acceptors (Lipinski definition) is 6. The van der Waals surface area contributed by atoms with Crippen LogP contribution >= 0.6 is 12.4 Å². The van der Waals surface area contributed by atoms with E-state index in [-0.39, 0.29) is 24.5 Å². The minimum Gasteiger partial charge on any atom is -0.619 e. The summed E-state index contributed by atoms with van der Waals surface area (Å²) < 4.78 is 31.7. The Balaban J connectivity index is 0.00000462. The van der Waals surface area contributed by atoms with Crippen molar-refractivity contribution in [3.63, 3.8) is 0 Å². The van der Waals surface area contributed by atoms with E-state index in [0.717, 1.165) is 51.6 Å². The molecule has 41 heavy (non-hydrogen) atoms. The number of amides is 2. The first kappa shape index (κ1) is 32.0. The summed E-state index contributed by atoms with van der Waals surface area (Å²) in [6, 6.07) is 18.0. The van der Waals surface area contributed by atoms with Gasteiger partial charge < -0.3 is 20.2 Å². The molecule has 1 aromatic heterocycles. The van der Waals surface area contributed by atoms with Crippen LogP contribution < -0.4 is 19.5 Å². The van der Waals surface area contributed by atoms with E-state index >= 15 is 0 Å². The van der Waals surface area contributed by atoms with Crippen molar-refractivity contribution < 1.29 is 22.7 Å². The fourth-order valence-corrected chi connectivity index (χ4v) is 5.32. The van der Waals surface area contributed by atoms with E-state index in [0.29, 0.717) is 34.1 Å². The Kier molecular flexibility index (Phi) is 11.6. The largest absolute Gasteiger partial charge is 0.619 e. The lowest BCUT2D eigenvalue weighted by atomic mass is 10.0. The van der Waals surface area contributed by atoms with Crippen molar-refractivity contribution >= 4 is 39.8 Å². The molecule has 2 N–H and O–H groups in total. The molecular formula is C29H38ClN5O5S. The molecule has 3 aromatic rings. The summed E-state index contributed by atoms with van der Waals surface area (Å²) in [7, 11) is -3.32. The third-order valence-electron chi connectivity index (χ3n) is 6.76. The third kappa shape index (κ3) is 10.1. The van der Waals surface area contributed by atoms with E-state index in [9.17, 15) is 18.4 Å². The van der Waals surface area contributed by atoms with Crippen molar-refractivity contribution in [3.05, 3.63) is 83.8 Å². The highest BCUT2D eigenvalue weighted by atomic mass is 35.5.